The molecule has 7 heteroatoms. The molecule has 0 spiro atoms. The van der Waals surface area contributed by atoms with Gasteiger partial charge in [0.05, 0.1) is 10.2 Å². The van der Waals surface area contributed by atoms with Gasteiger partial charge in [0, 0.05) is 23.9 Å². The minimum absolute atomic E-state index is 0.149. The highest BCUT2D eigenvalue weighted by Crippen LogP contribution is 2.33. The topological polar surface area (TPSA) is 61.8 Å². The van der Waals surface area contributed by atoms with Crippen LogP contribution in [0.5, 0.6) is 5.75 Å². The molecule has 0 aromatic heterocycles. The van der Waals surface area contributed by atoms with Gasteiger partial charge in [0.1, 0.15) is 11.3 Å². The highest BCUT2D eigenvalue weighted by molar-refractivity contribution is 14.1. The van der Waals surface area contributed by atoms with Crippen LogP contribution in [0, 0.1) is 3.57 Å². The molecule has 130 valence electrons. The van der Waals surface area contributed by atoms with E-state index < -0.39 is 17.7 Å². The van der Waals surface area contributed by atoms with Gasteiger partial charge < -0.3 is 14.2 Å². The second kappa shape index (κ2) is 7.86. The minimum Gasteiger partial charge on any atom is -0.492 e. The maximum Gasteiger partial charge on any atom is 0.348 e. The van der Waals surface area contributed by atoms with E-state index in [4.69, 9.17) is 14.2 Å². The molecule has 0 saturated carbocycles. The maximum atomic E-state index is 12.1. The smallest absolute Gasteiger partial charge is 0.348 e. The van der Waals surface area contributed by atoms with Gasteiger partial charge in [-0.2, -0.15) is 0 Å². The zero-order valence-corrected chi connectivity index (χ0v) is 17.4. The third-order valence-electron chi connectivity index (χ3n) is 3.20. The molecule has 5 nitrogen and oxygen atoms in total. The number of rotatable bonds is 5. The number of carbonyl (C=O) groups is 2. The Morgan fingerprint density at radius 2 is 1.88 bits per heavy atom. The van der Waals surface area contributed by atoms with Crippen molar-refractivity contribution in [1.29, 1.82) is 0 Å². The molecule has 1 fully saturated rings. The van der Waals surface area contributed by atoms with E-state index in [1.165, 1.54) is 19.9 Å². The van der Waals surface area contributed by atoms with Crippen molar-refractivity contribution >= 4 is 56.5 Å². The fourth-order valence-electron chi connectivity index (χ4n) is 2.09. The molecule has 0 N–H and O–H groups in total. The number of unbranched alkanes of at least 4 members (excludes halogenated alkanes) is 1. The van der Waals surface area contributed by atoms with Crippen LogP contribution in [0.15, 0.2) is 22.2 Å². The number of esters is 2. The first kappa shape index (κ1) is 19.2. The van der Waals surface area contributed by atoms with Gasteiger partial charge in [0.25, 0.3) is 5.79 Å². The molecule has 0 amide bonds. The Kier molecular flexibility index (Phi) is 6.30. The van der Waals surface area contributed by atoms with Gasteiger partial charge in [-0.15, -0.1) is 0 Å². The zero-order valence-electron chi connectivity index (χ0n) is 13.7. The fraction of sp³-hybridized carbons (Fsp3) is 0.412. The summed E-state index contributed by atoms with van der Waals surface area (Å²) in [4.78, 5) is 24.2. The standard InChI is InChI=1S/C17H18BrIO5/c1-4-5-6-22-14-10(7-11(18)9-13(14)19)8-12-15(20)23-17(2,3)24-16(12)21/h7-9H,4-6H2,1-3H3. The van der Waals surface area contributed by atoms with Gasteiger partial charge in [0.15, 0.2) is 0 Å². The lowest BCUT2D eigenvalue weighted by molar-refractivity contribution is -0.222. The van der Waals surface area contributed by atoms with Gasteiger partial charge in [-0.05, 0) is 47.2 Å². The first-order valence-corrected chi connectivity index (χ1v) is 9.41. The Morgan fingerprint density at radius 3 is 2.46 bits per heavy atom. The predicted molar refractivity (Wildman–Crippen MR) is 102 cm³/mol. The van der Waals surface area contributed by atoms with Crippen molar-refractivity contribution in [3.8, 4) is 5.75 Å². The summed E-state index contributed by atoms with van der Waals surface area (Å²) in [6, 6.07) is 3.70. The third kappa shape index (κ3) is 4.72. The molecule has 0 aliphatic carbocycles. The van der Waals surface area contributed by atoms with E-state index in [1.807, 2.05) is 6.07 Å². The Hall–Kier alpha value is -1.09. The van der Waals surface area contributed by atoms with Gasteiger partial charge in [-0.25, -0.2) is 9.59 Å². The molecule has 1 aromatic rings. The Balaban J connectivity index is 2.40. The van der Waals surface area contributed by atoms with Crippen LogP contribution in [0.2, 0.25) is 0 Å². The molecule has 0 radical (unpaired) electrons. The molecular weight excluding hydrogens is 491 g/mol. The molecular formula is C17H18BrIO5. The number of cyclic esters (lactones) is 2. The summed E-state index contributed by atoms with van der Waals surface area (Å²) in [5.74, 6) is -2.03. The van der Waals surface area contributed by atoms with E-state index in [1.54, 1.807) is 6.07 Å². The minimum atomic E-state index is -1.25. The fourth-order valence-corrected chi connectivity index (χ4v) is 3.80. The van der Waals surface area contributed by atoms with Crippen molar-refractivity contribution in [2.45, 2.75) is 39.4 Å². The Labute approximate surface area is 163 Å². The number of halogens is 2. The number of ether oxygens (including phenoxy) is 3. The van der Waals surface area contributed by atoms with Crippen molar-refractivity contribution in [2.24, 2.45) is 0 Å². The lowest BCUT2D eigenvalue weighted by atomic mass is 10.1. The first-order chi connectivity index (χ1) is 11.2. The lowest BCUT2D eigenvalue weighted by Crippen LogP contribution is -2.41. The van der Waals surface area contributed by atoms with E-state index >= 15 is 0 Å². The van der Waals surface area contributed by atoms with Crippen LogP contribution < -0.4 is 4.74 Å². The maximum absolute atomic E-state index is 12.1. The molecule has 0 unspecified atom stereocenters. The zero-order chi connectivity index (χ0) is 17.9. The summed E-state index contributed by atoms with van der Waals surface area (Å²) >= 11 is 5.58. The molecule has 24 heavy (non-hydrogen) atoms. The monoisotopic (exact) mass is 508 g/mol. The first-order valence-electron chi connectivity index (χ1n) is 7.53. The number of hydrogen-bond acceptors (Lipinski definition) is 5. The van der Waals surface area contributed by atoms with Crippen LogP contribution in [-0.4, -0.2) is 24.3 Å². The van der Waals surface area contributed by atoms with Gasteiger partial charge >= 0.3 is 11.9 Å². The van der Waals surface area contributed by atoms with Crippen LogP contribution in [-0.2, 0) is 19.1 Å². The predicted octanol–water partition coefficient (Wildman–Crippen LogP) is 4.45. The second-order valence-corrected chi connectivity index (χ2v) is 7.82. The average molecular weight is 509 g/mol. The second-order valence-electron chi connectivity index (χ2n) is 5.74. The van der Waals surface area contributed by atoms with Crippen molar-refractivity contribution < 1.29 is 23.8 Å². The van der Waals surface area contributed by atoms with Crippen molar-refractivity contribution in [1.82, 2.24) is 0 Å². The van der Waals surface area contributed by atoms with Crippen LogP contribution in [0.3, 0.4) is 0 Å². The van der Waals surface area contributed by atoms with E-state index in [0.717, 1.165) is 20.9 Å². The molecule has 0 atom stereocenters. The van der Waals surface area contributed by atoms with Crippen LogP contribution in [0.25, 0.3) is 6.08 Å². The number of carbonyl (C=O) groups excluding carboxylic acids is 2. The van der Waals surface area contributed by atoms with E-state index in [9.17, 15) is 9.59 Å². The van der Waals surface area contributed by atoms with Crippen LogP contribution >= 0.6 is 38.5 Å². The molecule has 2 rings (SSSR count). The molecule has 0 bridgehead atoms. The summed E-state index contributed by atoms with van der Waals surface area (Å²) in [6.07, 6.45) is 3.38. The largest absolute Gasteiger partial charge is 0.492 e. The van der Waals surface area contributed by atoms with Gasteiger partial charge in [-0.3, -0.25) is 0 Å². The molecule has 1 aromatic carbocycles. The van der Waals surface area contributed by atoms with E-state index in [-0.39, 0.29) is 5.57 Å². The van der Waals surface area contributed by atoms with Crippen LogP contribution in [0.4, 0.5) is 0 Å². The third-order valence-corrected chi connectivity index (χ3v) is 4.46. The highest BCUT2D eigenvalue weighted by atomic mass is 127. The normalized spacial score (nSPS) is 16.5. The summed E-state index contributed by atoms with van der Waals surface area (Å²) < 4.78 is 17.8. The van der Waals surface area contributed by atoms with E-state index in [0.29, 0.717) is 17.9 Å². The number of benzene rings is 1. The van der Waals surface area contributed by atoms with E-state index in [2.05, 4.69) is 45.4 Å². The van der Waals surface area contributed by atoms with Gasteiger partial charge in [0.2, 0.25) is 0 Å². The molecule has 1 heterocycles. The van der Waals surface area contributed by atoms with Crippen molar-refractivity contribution in [2.75, 3.05) is 6.61 Å². The summed E-state index contributed by atoms with van der Waals surface area (Å²) in [5, 5.41) is 0. The summed E-state index contributed by atoms with van der Waals surface area (Å²) in [5.41, 5.74) is 0.469. The molecule has 1 aliphatic heterocycles. The quantitative estimate of drug-likeness (QED) is 0.193. The highest BCUT2D eigenvalue weighted by Gasteiger charge is 2.39. The van der Waals surface area contributed by atoms with Crippen molar-refractivity contribution in [3.63, 3.8) is 0 Å². The van der Waals surface area contributed by atoms with Crippen molar-refractivity contribution in [3.05, 3.63) is 31.3 Å². The molecule has 1 aliphatic rings. The summed E-state index contributed by atoms with van der Waals surface area (Å²) in [6.45, 7) is 5.67. The summed E-state index contributed by atoms with van der Waals surface area (Å²) in [7, 11) is 0. The molecule has 1 saturated heterocycles. The SMILES string of the molecule is CCCCOc1c(I)cc(Br)cc1C=C1C(=O)OC(C)(C)OC1=O. The Bertz CT molecular complexity index is 674. The van der Waals surface area contributed by atoms with Crippen LogP contribution in [0.1, 0.15) is 39.2 Å². The lowest BCUT2D eigenvalue weighted by Gasteiger charge is -2.29. The average Bonchev–Trinajstić information content (AvgIpc) is 2.44. The Morgan fingerprint density at radius 1 is 1.25 bits per heavy atom. The van der Waals surface area contributed by atoms with Gasteiger partial charge in [-0.1, -0.05) is 29.3 Å². The number of hydrogen-bond donors (Lipinski definition) is 0.